The first-order valence-corrected chi connectivity index (χ1v) is 18.0. The molecule has 0 amide bonds. The van der Waals surface area contributed by atoms with Crippen LogP contribution in [-0.2, 0) is 5.41 Å². The van der Waals surface area contributed by atoms with Crippen molar-refractivity contribution >= 4 is 52.3 Å². The van der Waals surface area contributed by atoms with E-state index in [1.807, 2.05) is 6.92 Å². The average Bonchev–Trinajstić information content (AvgIpc) is 3.90. The lowest BCUT2D eigenvalue weighted by molar-refractivity contribution is 0.0651. The minimum atomic E-state index is -1.48. The number of allylic oxidation sites excluding steroid dienone is 1. The molecule has 1 aromatic heterocycles. The summed E-state index contributed by atoms with van der Waals surface area (Å²) in [6.45, 7) is 6.55. The molecule has 0 bridgehead atoms. The van der Waals surface area contributed by atoms with Gasteiger partial charge in [0, 0.05) is 49.6 Å². The Labute approximate surface area is 298 Å². The largest absolute Gasteiger partial charge is 0.478 e. The van der Waals surface area contributed by atoms with Crippen molar-refractivity contribution in [2.75, 3.05) is 4.90 Å². The smallest absolute Gasteiger partial charge is 0.336 e. The van der Waals surface area contributed by atoms with Gasteiger partial charge in [-0.25, -0.2) is 9.59 Å². The number of ketones is 2. The Hall–Kier alpha value is -5.60. The highest BCUT2D eigenvalue weighted by molar-refractivity contribution is 7.16. The number of Topliss-reactive ketones (excluding diaryl/α,β-unsaturated/α-hetero) is 2. The van der Waals surface area contributed by atoms with Gasteiger partial charge in [-0.1, -0.05) is 56.7 Å². The lowest BCUT2D eigenvalue weighted by Crippen LogP contribution is -2.26. The molecule has 51 heavy (non-hydrogen) atoms. The maximum atomic E-state index is 13.4. The second kappa shape index (κ2) is 10.9. The van der Waals surface area contributed by atoms with E-state index in [2.05, 4.69) is 85.5 Å². The van der Waals surface area contributed by atoms with Crippen LogP contribution >= 0.6 is 11.3 Å². The Kier molecular flexibility index (Phi) is 6.74. The molecule has 4 aromatic carbocycles. The fourth-order valence-corrected chi connectivity index (χ4v) is 10.1. The van der Waals surface area contributed by atoms with Gasteiger partial charge in [-0.15, -0.1) is 11.3 Å². The first-order valence-electron chi connectivity index (χ1n) is 17.2. The van der Waals surface area contributed by atoms with Crippen LogP contribution in [0, 0.1) is 6.92 Å². The predicted octanol–water partition coefficient (Wildman–Crippen LogP) is 9.68. The van der Waals surface area contributed by atoms with Crippen LogP contribution in [0.25, 0.3) is 27.6 Å². The highest BCUT2D eigenvalue weighted by Crippen LogP contribution is 2.55. The van der Waals surface area contributed by atoms with Crippen molar-refractivity contribution in [1.29, 1.82) is 0 Å². The topological polar surface area (TPSA) is 112 Å². The number of aryl methyl sites for hydroxylation is 1. The molecule has 2 unspecified atom stereocenters. The minimum Gasteiger partial charge on any atom is -0.478 e. The van der Waals surface area contributed by atoms with Crippen molar-refractivity contribution in [2.45, 2.75) is 57.4 Å². The van der Waals surface area contributed by atoms with Crippen molar-refractivity contribution in [3.63, 3.8) is 0 Å². The second-order valence-electron chi connectivity index (χ2n) is 14.6. The fraction of sp³-hybridized carbons (Fsp3) is 0.209. The molecular weight excluding hydrogens is 659 g/mol. The van der Waals surface area contributed by atoms with Crippen molar-refractivity contribution in [2.24, 2.45) is 0 Å². The molecule has 9 rings (SSSR count). The third-order valence-electron chi connectivity index (χ3n) is 11.5. The van der Waals surface area contributed by atoms with Crippen LogP contribution in [0.2, 0.25) is 0 Å². The second-order valence-corrected chi connectivity index (χ2v) is 15.7. The number of carboxylic acids is 2. The Bertz CT molecular complexity index is 2410. The molecule has 252 valence electrons. The third kappa shape index (κ3) is 4.49. The number of carbonyl (C=O) groups is 4. The summed E-state index contributed by atoms with van der Waals surface area (Å²) in [4.78, 5) is 54.5. The van der Waals surface area contributed by atoms with Crippen molar-refractivity contribution in [3.05, 3.63) is 134 Å². The molecule has 0 saturated heterocycles. The number of carbonyl (C=O) groups excluding carboxylic acids is 2. The van der Waals surface area contributed by atoms with Gasteiger partial charge in [-0.05, 0) is 107 Å². The lowest BCUT2D eigenvalue weighted by Gasteiger charge is -2.28. The SMILES string of the molecule is Cc1cc(-c2ccc3c(c2)C2CCCC2N3c2ccc3c(c2)-c2ccccc2C3(C)C)sc1C=C1C(=O)c2cc(C(=O)O)c(C(=O)O)cc2C1=O. The number of hydrogen-bond donors (Lipinski definition) is 2. The number of anilines is 2. The Morgan fingerprint density at radius 3 is 2.20 bits per heavy atom. The summed E-state index contributed by atoms with van der Waals surface area (Å²) in [6.07, 6.45) is 5.01. The number of nitrogens with zero attached hydrogens (tertiary/aromatic N) is 1. The molecule has 0 radical (unpaired) electrons. The summed E-state index contributed by atoms with van der Waals surface area (Å²) in [5.41, 5.74) is 9.80. The molecule has 7 nitrogen and oxygen atoms in total. The molecule has 5 aromatic rings. The standard InChI is InChI=1S/C43H33NO6S/c1-21-15-38(51-37(21)20-32-39(45)28-18-30(41(47)48)31(42(49)50)19-29(28)40(32)46)22-11-14-36-27(16-22)25-8-6-10-35(25)44(36)23-12-13-34-26(17-23)24-7-4-5-9-33(24)43(34,2)3/h4-5,7,9,11-20,25,35H,6,8,10H2,1-3H3,(H,47,48)(H,49,50). The Morgan fingerprint density at radius 2 is 1.49 bits per heavy atom. The normalized spacial score (nSPS) is 19.1. The van der Waals surface area contributed by atoms with Crippen LogP contribution in [0.5, 0.6) is 0 Å². The van der Waals surface area contributed by atoms with E-state index in [0.717, 1.165) is 45.9 Å². The van der Waals surface area contributed by atoms with Gasteiger partial charge in [0.2, 0.25) is 0 Å². The van der Waals surface area contributed by atoms with Gasteiger partial charge >= 0.3 is 11.9 Å². The molecule has 2 N–H and O–H groups in total. The summed E-state index contributed by atoms with van der Waals surface area (Å²) in [7, 11) is 0. The number of hydrogen-bond acceptors (Lipinski definition) is 6. The molecule has 1 saturated carbocycles. The number of fused-ring (bicyclic) bond motifs is 7. The van der Waals surface area contributed by atoms with Crippen molar-refractivity contribution in [1.82, 2.24) is 0 Å². The molecule has 0 spiro atoms. The summed E-state index contributed by atoms with van der Waals surface area (Å²) in [5.74, 6) is -3.73. The zero-order valence-electron chi connectivity index (χ0n) is 28.2. The van der Waals surface area contributed by atoms with Gasteiger partial charge in [-0.2, -0.15) is 0 Å². The molecule has 1 fully saturated rings. The van der Waals surface area contributed by atoms with Crippen LogP contribution < -0.4 is 4.90 Å². The van der Waals surface area contributed by atoms with E-state index in [1.165, 1.54) is 56.9 Å². The summed E-state index contributed by atoms with van der Waals surface area (Å²) < 4.78 is 0. The molecule has 1 aliphatic heterocycles. The van der Waals surface area contributed by atoms with E-state index < -0.39 is 34.6 Å². The zero-order valence-corrected chi connectivity index (χ0v) is 29.1. The van der Waals surface area contributed by atoms with E-state index in [1.54, 1.807) is 6.08 Å². The fourth-order valence-electron chi connectivity index (χ4n) is 8.97. The lowest BCUT2D eigenvalue weighted by atomic mass is 9.82. The highest BCUT2D eigenvalue weighted by atomic mass is 32.1. The highest BCUT2D eigenvalue weighted by Gasteiger charge is 2.43. The molecule has 2 atom stereocenters. The molecule has 4 aliphatic rings. The Balaban J connectivity index is 1.06. The van der Waals surface area contributed by atoms with Crippen molar-refractivity contribution < 1.29 is 29.4 Å². The van der Waals surface area contributed by atoms with Crippen LogP contribution in [0.1, 0.15) is 108 Å². The molecule has 2 heterocycles. The van der Waals surface area contributed by atoms with Gasteiger partial charge in [-0.3, -0.25) is 9.59 Å². The monoisotopic (exact) mass is 691 g/mol. The van der Waals surface area contributed by atoms with Crippen LogP contribution in [0.15, 0.2) is 84.4 Å². The molecular formula is C43H33NO6S. The zero-order chi connectivity index (χ0) is 35.5. The average molecular weight is 692 g/mol. The summed E-state index contributed by atoms with van der Waals surface area (Å²) in [5, 5.41) is 19.1. The van der Waals surface area contributed by atoms with Crippen molar-refractivity contribution in [3.8, 4) is 21.6 Å². The first kappa shape index (κ1) is 31.4. The van der Waals surface area contributed by atoms with Crippen LogP contribution in [-0.4, -0.2) is 39.8 Å². The van der Waals surface area contributed by atoms with E-state index in [-0.39, 0.29) is 22.1 Å². The van der Waals surface area contributed by atoms with E-state index in [9.17, 15) is 29.4 Å². The summed E-state index contributed by atoms with van der Waals surface area (Å²) >= 11 is 1.49. The Morgan fingerprint density at radius 1 is 0.804 bits per heavy atom. The number of rotatable bonds is 5. The maximum absolute atomic E-state index is 13.4. The summed E-state index contributed by atoms with van der Waals surface area (Å²) in [6, 6.07) is 26.9. The molecule has 8 heteroatoms. The van der Waals surface area contributed by atoms with Gasteiger partial charge < -0.3 is 15.1 Å². The maximum Gasteiger partial charge on any atom is 0.336 e. The number of thiophene rings is 1. The number of carboxylic acid groups (broad SMARTS) is 2. The predicted molar refractivity (Wildman–Crippen MR) is 198 cm³/mol. The van der Waals surface area contributed by atoms with Crippen LogP contribution in [0.3, 0.4) is 0 Å². The van der Waals surface area contributed by atoms with Gasteiger partial charge in [0.05, 0.1) is 16.7 Å². The third-order valence-corrected chi connectivity index (χ3v) is 12.7. The van der Waals surface area contributed by atoms with E-state index >= 15 is 0 Å². The first-order chi connectivity index (χ1) is 24.4. The minimum absolute atomic E-state index is 0.0398. The molecule has 3 aliphatic carbocycles. The van der Waals surface area contributed by atoms with Gasteiger partial charge in [0.1, 0.15) is 0 Å². The number of aromatic carboxylic acids is 2. The van der Waals surface area contributed by atoms with Gasteiger partial charge in [0.25, 0.3) is 0 Å². The number of benzene rings is 4. The van der Waals surface area contributed by atoms with E-state index in [4.69, 9.17) is 0 Å². The van der Waals surface area contributed by atoms with Crippen LogP contribution in [0.4, 0.5) is 11.4 Å². The van der Waals surface area contributed by atoms with Gasteiger partial charge in [0.15, 0.2) is 11.6 Å². The quantitative estimate of drug-likeness (QED) is 0.139. The van der Waals surface area contributed by atoms with E-state index in [0.29, 0.717) is 12.0 Å².